The molecule has 9 heteroatoms. The zero-order valence-corrected chi connectivity index (χ0v) is 12.1. The standard InChI is InChI=1S/C12H5Cl3F3NO2/c13-7-2-6(20)3-8(14)10(7)21-11-9(15)1-5(4-19-11)12(16,17)18/h1-4,20H. The van der Waals surface area contributed by atoms with Gasteiger partial charge in [-0.15, -0.1) is 0 Å². The number of aromatic hydroxyl groups is 1. The second-order valence-electron chi connectivity index (χ2n) is 3.85. The molecule has 1 N–H and O–H groups in total. The third-order valence-corrected chi connectivity index (χ3v) is 3.15. The maximum Gasteiger partial charge on any atom is 0.417 e. The van der Waals surface area contributed by atoms with Gasteiger partial charge >= 0.3 is 6.18 Å². The number of aromatic nitrogens is 1. The number of ether oxygens (including phenoxy) is 1. The van der Waals surface area contributed by atoms with Gasteiger partial charge in [-0.1, -0.05) is 34.8 Å². The molecule has 0 spiro atoms. The SMILES string of the molecule is Oc1cc(Cl)c(Oc2ncc(C(F)(F)F)cc2Cl)c(Cl)c1. The van der Waals surface area contributed by atoms with E-state index < -0.39 is 11.7 Å². The quantitative estimate of drug-likeness (QED) is 0.764. The lowest BCUT2D eigenvalue weighted by Crippen LogP contribution is -2.05. The van der Waals surface area contributed by atoms with Crippen LogP contribution in [0.15, 0.2) is 24.4 Å². The minimum absolute atomic E-state index is 0.0437. The molecular formula is C12H5Cl3F3NO2. The summed E-state index contributed by atoms with van der Waals surface area (Å²) in [6, 6.07) is 2.98. The third kappa shape index (κ3) is 3.64. The molecule has 0 aliphatic heterocycles. The normalized spacial score (nSPS) is 11.5. The first-order valence-electron chi connectivity index (χ1n) is 5.27. The maximum atomic E-state index is 12.5. The summed E-state index contributed by atoms with van der Waals surface area (Å²) >= 11 is 17.3. The predicted molar refractivity (Wildman–Crippen MR) is 72.4 cm³/mol. The van der Waals surface area contributed by atoms with Crippen LogP contribution in [0.5, 0.6) is 17.4 Å². The van der Waals surface area contributed by atoms with Crippen molar-refractivity contribution in [2.24, 2.45) is 0 Å². The Morgan fingerprint density at radius 1 is 1.00 bits per heavy atom. The third-order valence-electron chi connectivity index (χ3n) is 2.32. The Morgan fingerprint density at radius 2 is 1.57 bits per heavy atom. The first-order valence-corrected chi connectivity index (χ1v) is 6.40. The second-order valence-corrected chi connectivity index (χ2v) is 5.07. The van der Waals surface area contributed by atoms with E-state index >= 15 is 0 Å². The summed E-state index contributed by atoms with van der Waals surface area (Å²) in [6.07, 6.45) is -3.99. The van der Waals surface area contributed by atoms with Crippen LogP contribution >= 0.6 is 34.8 Å². The molecule has 0 aliphatic rings. The Balaban J connectivity index is 2.37. The van der Waals surface area contributed by atoms with Gasteiger partial charge in [-0.3, -0.25) is 0 Å². The second kappa shape index (κ2) is 5.79. The fraction of sp³-hybridized carbons (Fsp3) is 0.0833. The molecule has 21 heavy (non-hydrogen) atoms. The highest BCUT2D eigenvalue weighted by Crippen LogP contribution is 2.41. The fourth-order valence-corrected chi connectivity index (χ4v) is 2.15. The largest absolute Gasteiger partial charge is 0.508 e. The zero-order valence-electron chi connectivity index (χ0n) is 9.88. The van der Waals surface area contributed by atoms with Crippen molar-refractivity contribution in [1.82, 2.24) is 4.98 Å². The summed E-state index contributed by atoms with van der Waals surface area (Å²) in [4.78, 5) is 3.49. The molecule has 0 aliphatic carbocycles. The Bertz CT molecular complexity index is 669. The smallest absolute Gasteiger partial charge is 0.417 e. The molecule has 0 amide bonds. The highest BCUT2D eigenvalue weighted by atomic mass is 35.5. The average molecular weight is 359 g/mol. The molecule has 2 aromatic rings. The lowest BCUT2D eigenvalue weighted by Gasteiger charge is -2.12. The van der Waals surface area contributed by atoms with Crippen LogP contribution in [0, 0.1) is 0 Å². The van der Waals surface area contributed by atoms with Crippen LogP contribution in [-0.2, 0) is 6.18 Å². The lowest BCUT2D eigenvalue weighted by molar-refractivity contribution is -0.137. The number of rotatable bonds is 2. The first kappa shape index (κ1) is 16.0. The van der Waals surface area contributed by atoms with E-state index in [2.05, 4.69) is 4.98 Å². The zero-order chi connectivity index (χ0) is 15.8. The molecule has 0 fully saturated rings. The number of alkyl halides is 3. The lowest BCUT2D eigenvalue weighted by atomic mass is 10.3. The number of phenols is 1. The van der Waals surface area contributed by atoms with Crippen molar-refractivity contribution in [3.8, 4) is 17.4 Å². The van der Waals surface area contributed by atoms with Gasteiger partial charge in [0.05, 0.1) is 15.6 Å². The maximum absolute atomic E-state index is 12.5. The monoisotopic (exact) mass is 357 g/mol. The van der Waals surface area contributed by atoms with Gasteiger partial charge < -0.3 is 9.84 Å². The number of nitrogens with zero attached hydrogens (tertiary/aromatic N) is 1. The van der Waals surface area contributed by atoms with E-state index in [1.54, 1.807) is 0 Å². The van der Waals surface area contributed by atoms with E-state index in [0.717, 1.165) is 12.1 Å². The van der Waals surface area contributed by atoms with E-state index in [4.69, 9.17) is 39.5 Å². The molecule has 0 unspecified atom stereocenters. The number of phenolic OH excluding ortho intramolecular Hbond substituents is 1. The Morgan fingerprint density at radius 3 is 2.05 bits per heavy atom. The molecule has 1 heterocycles. The molecular weight excluding hydrogens is 353 g/mol. The molecule has 0 radical (unpaired) electrons. The first-order chi connectivity index (χ1) is 9.68. The summed E-state index contributed by atoms with van der Waals surface area (Å²) < 4.78 is 42.7. The van der Waals surface area contributed by atoms with Crippen molar-refractivity contribution in [1.29, 1.82) is 0 Å². The van der Waals surface area contributed by atoms with Gasteiger partial charge in [0.2, 0.25) is 5.88 Å². The van der Waals surface area contributed by atoms with Crippen LogP contribution in [0.1, 0.15) is 5.56 Å². The molecule has 1 aromatic heterocycles. The van der Waals surface area contributed by atoms with Crippen LogP contribution in [-0.4, -0.2) is 10.1 Å². The van der Waals surface area contributed by atoms with Gasteiger partial charge in [-0.05, 0) is 6.07 Å². The molecule has 112 valence electrons. The van der Waals surface area contributed by atoms with E-state index in [1.807, 2.05) is 0 Å². The number of pyridine rings is 1. The highest BCUT2D eigenvalue weighted by Gasteiger charge is 2.32. The molecule has 0 saturated carbocycles. The van der Waals surface area contributed by atoms with Crippen LogP contribution in [0.4, 0.5) is 13.2 Å². The van der Waals surface area contributed by atoms with Gasteiger partial charge in [0.25, 0.3) is 0 Å². The van der Waals surface area contributed by atoms with Crippen molar-refractivity contribution in [2.75, 3.05) is 0 Å². The molecule has 3 nitrogen and oxygen atoms in total. The summed E-state index contributed by atoms with van der Waals surface area (Å²) in [5, 5.41) is 8.83. The molecule has 0 atom stereocenters. The minimum Gasteiger partial charge on any atom is -0.508 e. The number of benzene rings is 1. The predicted octanol–water partition coefficient (Wildman–Crippen LogP) is 5.56. The van der Waals surface area contributed by atoms with Crippen LogP contribution in [0.25, 0.3) is 0 Å². The molecule has 0 bridgehead atoms. The number of hydrogen-bond donors (Lipinski definition) is 1. The van der Waals surface area contributed by atoms with E-state index in [9.17, 15) is 18.3 Å². The van der Waals surface area contributed by atoms with E-state index in [0.29, 0.717) is 12.3 Å². The van der Waals surface area contributed by atoms with Crippen LogP contribution in [0.2, 0.25) is 15.1 Å². The molecule has 1 aromatic carbocycles. The van der Waals surface area contributed by atoms with Crippen molar-refractivity contribution in [3.63, 3.8) is 0 Å². The van der Waals surface area contributed by atoms with Crippen LogP contribution < -0.4 is 4.74 Å². The van der Waals surface area contributed by atoms with Gasteiger partial charge in [-0.2, -0.15) is 13.2 Å². The van der Waals surface area contributed by atoms with Crippen molar-refractivity contribution in [3.05, 3.63) is 45.0 Å². The topological polar surface area (TPSA) is 42.4 Å². The summed E-state index contributed by atoms with van der Waals surface area (Å²) in [6.45, 7) is 0. The molecule has 2 rings (SSSR count). The van der Waals surface area contributed by atoms with Gasteiger partial charge in [0, 0.05) is 18.3 Å². The van der Waals surface area contributed by atoms with Gasteiger partial charge in [0.1, 0.15) is 10.8 Å². The summed E-state index contributed by atoms with van der Waals surface area (Å²) in [5.41, 5.74) is -1.01. The molecule has 0 saturated heterocycles. The fourth-order valence-electron chi connectivity index (χ4n) is 1.40. The highest BCUT2D eigenvalue weighted by molar-refractivity contribution is 6.37. The average Bonchev–Trinajstić information content (AvgIpc) is 2.33. The number of hydrogen-bond acceptors (Lipinski definition) is 3. The van der Waals surface area contributed by atoms with Crippen LogP contribution in [0.3, 0.4) is 0 Å². The van der Waals surface area contributed by atoms with E-state index in [-0.39, 0.29) is 32.4 Å². The Hall–Kier alpha value is -1.37. The van der Waals surface area contributed by atoms with Crippen molar-refractivity contribution >= 4 is 34.8 Å². The van der Waals surface area contributed by atoms with Gasteiger partial charge in [0.15, 0.2) is 5.75 Å². The Kier molecular flexibility index (Phi) is 4.41. The minimum atomic E-state index is -4.57. The number of halogens is 6. The van der Waals surface area contributed by atoms with Gasteiger partial charge in [-0.25, -0.2) is 4.98 Å². The summed E-state index contributed by atoms with van der Waals surface area (Å²) in [5.74, 6) is -0.562. The summed E-state index contributed by atoms with van der Waals surface area (Å²) in [7, 11) is 0. The Labute approximate surface area is 131 Å². The van der Waals surface area contributed by atoms with Crippen molar-refractivity contribution < 1.29 is 23.0 Å². The van der Waals surface area contributed by atoms with E-state index in [1.165, 1.54) is 0 Å². The van der Waals surface area contributed by atoms with Crippen molar-refractivity contribution in [2.45, 2.75) is 6.18 Å².